The number of ketones is 1. The van der Waals surface area contributed by atoms with Gasteiger partial charge in [-0.1, -0.05) is 80.5 Å². The van der Waals surface area contributed by atoms with Crippen LogP contribution in [0.15, 0.2) is 59.8 Å². The maximum absolute atomic E-state index is 12.1. The van der Waals surface area contributed by atoms with Gasteiger partial charge in [-0.25, -0.2) is 0 Å². The van der Waals surface area contributed by atoms with Crippen LogP contribution in [-0.2, 0) is 21.7 Å². The molecule has 0 saturated carbocycles. The molecular formula is C21H21NO2. The number of nitrogens with zero attached hydrogens (tertiary/aromatic N) is 1. The largest absolute Gasteiger partial charge is 0.390 e. The summed E-state index contributed by atoms with van der Waals surface area (Å²) in [5, 5.41) is 4.09. The molecule has 0 fully saturated rings. The molecular weight excluding hydrogens is 298 g/mol. The maximum Gasteiger partial charge on any atom is 0.208 e. The van der Waals surface area contributed by atoms with Crippen molar-refractivity contribution in [3.8, 4) is 0 Å². The van der Waals surface area contributed by atoms with Gasteiger partial charge in [0.15, 0.2) is 5.71 Å². The van der Waals surface area contributed by atoms with Crippen LogP contribution in [0, 0.1) is 0 Å². The summed E-state index contributed by atoms with van der Waals surface area (Å²) in [5.74, 6) is -0.128. The zero-order valence-corrected chi connectivity index (χ0v) is 14.2. The SMILES string of the molecule is CC(C)(C)c1ccc(CO/N=C2/C(=O)C=Cc3ccccc32)cc1. The minimum atomic E-state index is -0.128. The van der Waals surface area contributed by atoms with Gasteiger partial charge in [0.2, 0.25) is 5.78 Å². The van der Waals surface area contributed by atoms with Crippen molar-refractivity contribution in [3.05, 3.63) is 76.9 Å². The molecule has 0 spiro atoms. The predicted octanol–water partition coefficient (Wildman–Crippen LogP) is 4.50. The van der Waals surface area contributed by atoms with E-state index in [1.807, 2.05) is 42.5 Å². The highest BCUT2D eigenvalue weighted by molar-refractivity contribution is 6.52. The van der Waals surface area contributed by atoms with Crippen molar-refractivity contribution in [1.29, 1.82) is 0 Å². The van der Waals surface area contributed by atoms with Gasteiger partial charge in [-0.05, 0) is 28.2 Å². The summed E-state index contributed by atoms with van der Waals surface area (Å²) < 4.78 is 0. The minimum absolute atomic E-state index is 0.128. The lowest BCUT2D eigenvalue weighted by Gasteiger charge is -2.19. The smallest absolute Gasteiger partial charge is 0.208 e. The topological polar surface area (TPSA) is 38.7 Å². The predicted molar refractivity (Wildman–Crippen MR) is 97.0 cm³/mol. The van der Waals surface area contributed by atoms with Crippen molar-refractivity contribution in [1.82, 2.24) is 0 Å². The fraction of sp³-hybridized carbons (Fsp3) is 0.238. The Morgan fingerprint density at radius 3 is 2.38 bits per heavy atom. The zero-order valence-electron chi connectivity index (χ0n) is 14.2. The second-order valence-electron chi connectivity index (χ2n) is 6.95. The van der Waals surface area contributed by atoms with Crippen LogP contribution in [0.5, 0.6) is 0 Å². The van der Waals surface area contributed by atoms with Crippen LogP contribution in [0.2, 0.25) is 0 Å². The Labute approximate surface area is 142 Å². The van der Waals surface area contributed by atoms with Crippen LogP contribution in [0.3, 0.4) is 0 Å². The summed E-state index contributed by atoms with van der Waals surface area (Å²) in [6.45, 7) is 6.89. The van der Waals surface area contributed by atoms with E-state index in [2.05, 4.69) is 38.1 Å². The van der Waals surface area contributed by atoms with Crippen molar-refractivity contribution in [2.24, 2.45) is 5.16 Å². The van der Waals surface area contributed by atoms with Gasteiger partial charge >= 0.3 is 0 Å². The van der Waals surface area contributed by atoms with Crippen molar-refractivity contribution in [3.63, 3.8) is 0 Å². The van der Waals surface area contributed by atoms with Gasteiger partial charge in [0.1, 0.15) is 6.61 Å². The molecule has 0 unspecified atom stereocenters. The number of oxime groups is 1. The third-order valence-corrected chi connectivity index (χ3v) is 4.07. The summed E-state index contributed by atoms with van der Waals surface area (Å²) in [4.78, 5) is 17.5. The summed E-state index contributed by atoms with van der Waals surface area (Å²) in [7, 11) is 0. The third-order valence-electron chi connectivity index (χ3n) is 4.07. The first kappa shape index (κ1) is 16.2. The van der Waals surface area contributed by atoms with Crippen molar-refractivity contribution in [2.45, 2.75) is 32.8 Å². The first-order valence-corrected chi connectivity index (χ1v) is 8.06. The van der Waals surface area contributed by atoms with E-state index in [9.17, 15) is 4.79 Å². The highest BCUT2D eigenvalue weighted by Crippen LogP contribution is 2.22. The number of fused-ring (bicyclic) bond motifs is 1. The summed E-state index contributed by atoms with van der Waals surface area (Å²) in [5.41, 5.74) is 4.59. The second-order valence-corrected chi connectivity index (χ2v) is 6.95. The monoisotopic (exact) mass is 319 g/mol. The van der Waals surface area contributed by atoms with Gasteiger partial charge in [-0.3, -0.25) is 4.79 Å². The van der Waals surface area contributed by atoms with Crippen molar-refractivity contribution >= 4 is 17.6 Å². The molecule has 24 heavy (non-hydrogen) atoms. The Morgan fingerprint density at radius 2 is 1.67 bits per heavy atom. The molecule has 1 aliphatic rings. The molecule has 0 saturated heterocycles. The Hall–Kier alpha value is -2.68. The van der Waals surface area contributed by atoms with Crippen molar-refractivity contribution in [2.75, 3.05) is 0 Å². The van der Waals surface area contributed by atoms with E-state index in [0.29, 0.717) is 12.3 Å². The Balaban J connectivity index is 1.72. The lowest BCUT2D eigenvalue weighted by molar-refractivity contribution is -0.109. The molecule has 3 nitrogen and oxygen atoms in total. The fourth-order valence-electron chi connectivity index (χ4n) is 2.60. The standard InChI is InChI=1S/C21H21NO2/c1-21(2,3)17-11-8-15(9-12-17)14-24-22-20-18-7-5-4-6-16(18)10-13-19(20)23/h4-13H,14H2,1-3H3/b22-20+. The van der Waals surface area contributed by atoms with Crippen LogP contribution in [-0.4, -0.2) is 11.5 Å². The number of carbonyl (C=O) groups excluding carboxylic acids is 1. The highest BCUT2D eigenvalue weighted by Gasteiger charge is 2.19. The first-order chi connectivity index (χ1) is 11.4. The Kier molecular flexibility index (Phi) is 4.34. The molecule has 0 aromatic heterocycles. The van der Waals surface area contributed by atoms with Crippen molar-refractivity contribution < 1.29 is 9.63 Å². The van der Waals surface area contributed by atoms with Crippen LogP contribution in [0.25, 0.3) is 6.08 Å². The molecule has 0 atom stereocenters. The van der Waals surface area contributed by atoms with E-state index in [1.165, 1.54) is 11.6 Å². The molecule has 3 rings (SSSR count). The molecule has 3 heteroatoms. The number of allylic oxidation sites excluding steroid dienone is 1. The third kappa shape index (κ3) is 3.46. The lowest BCUT2D eigenvalue weighted by atomic mass is 9.87. The van der Waals surface area contributed by atoms with E-state index < -0.39 is 0 Å². The molecule has 0 bridgehead atoms. The molecule has 2 aromatic rings. The van der Waals surface area contributed by atoms with Crippen LogP contribution in [0.4, 0.5) is 0 Å². The van der Waals surface area contributed by atoms with Crippen LogP contribution in [0.1, 0.15) is 43.0 Å². The van der Waals surface area contributed by atoms with Gasteiger partial charge in [-0.15, -0.1) is 0 Å². The maximum atomic E-state index is 12.1. The van der Waals surface area contributed by atoms with Gasteiger partial charge in [-0.2, -0.15) is 0 Å². The molecule has 2 aromatic carbocycles. The Bertz CT molecular complexity index is 808. The molecule has 1 aliphatic carbocycles. The van der Waals surface area contributed by atoms with Gasteiger partial charge < -0.3 is 4.84 Å². The Morgan fingerprint density at radius 1 is 0.958 bits per heavy atom. The number of benzene rings is 2. The molecule has 122 valence electrons. The van der Waals surface area contributed by atoms with Gasteiger partial charge in [0, 0.05) is 5.56 Å². The van der Waals surface area contributed by atoms with E-state index in [4.69, 9.17) is 4.84 Å². The van der Waals surface area contributed by atoms with E-state index in [0.717, 1.165) is 16.7 Å². The normalized spacial score (nSPS) is 15.5. The molecule has 0 N–H and O–H groups in total. The lowest BCUT2D eigenvalue weighted by Crippen LogP contribution is -2.18. The summed E-state index contributed by atoms with van der Waals surface area (Å²) in [6, 6.07) is 16.0. The average molecular weight is 319 g/mol. The number of hydrogen-bond donors (Lipinski definition) is 0. The molecule has 0 aliphatic heterocycles. The average Bonchev–Trinajstić information content (AvgIpc) is 2.56. The molecule has 0 amide bonds. The van der Waals surface area contributed by atoms with E-state index >= 15 is 0 Å². The van der Waals surface area contributed by atoms with Crippen LogP contribution >= 0.6 is 0 Å². The summed E-state index contributed by atoms with van der Waals surface area (Å²) >= 11 is 0. The van der Waals surface area contributed by atoms with E-state index in [-0.39, 0.29) is 11.2 Å². The van der Waals surface area contributed by atoms with Crippen LogP contribution < -0.4 is 0 Å². The second kappa shape index (κ2) is 6.44. The van der Waals surface area contributed by atoms with Gasteiger partial charge in [0.05, 0.1) is 0 Å². The number of carbonyl (C=O) groups is 1. The fourth-order valence-corrected chi connectivity index (χ4v) is 2.60. The minimum Gasteiger partial charge on any atom is -0.390 e. The zero-order chi connectivity index (χ0) is 17.2. The molecule has 0 radical (unpaired) electrons. The summed E-state index contributed by atoms with van der Waals surface area (Å²) in [6.07, 6.45) is 3.34. The van der Waals surface area contributed by atoms with E-state index in [1.54, 1.807) is 0 Å². The molecule has 0 heterocycles. The quantitative estimate of drug-likeness (QED) is 0.781. The highest BCUT2D eigenvalue weighted by atomic mass is 16.6. The number of rotatable bonds is 3. The number of hydrogen-bond acceptors (Lipinski definition) is 3. The van der Waals surface area contributed by atoms with Gasteiger partial charge in [0.25, 0.3) is 0 Å². The first-order valence-electron chi connectivity index (χ1n) is 8.06.